The molecule has 1 aromatic heterocycles. The monoisotopic (exact) mass is 220 g/mol. The van der Waals surface area contributed by atoms with Crippen LogP contribution < -0.4 is 10.6 Å². The minimum Gasteiger partial charge on any atom is -0.369 e. The Kier molecular flexibility index (Phi) is 2.77. The zero-order valence-electron chi connectivity index (χ0n) is 9.39. The summed E-state index contributed by atoms with van der Waals surface area (Å²) in [4.78, 5) is 21.7. The molecule has 0 aliphatic carbocycles. The first-order valence-corrected chi connectivity index (χ1v) is 5.43. The van der Waals surface area contributed by atoms with Crippen molar-refractivity contribution in [2.75, 3.05) is 18.0 Å². The van der Waals surface area contributed by atoms with Gasteiger partial charge in [0.2, 0.25) is 5.91 Å². The lowest BCUT2D eigenvalue weighted by Gasteiger charge is -2.37. The summed E-state index contributed by atoms with van der Waals surface area (Å²) in [5, 5.41) is 0. The number of hydrogen-bond acceptors (Lipinski definition) is 4. The first-order chi connectivity index (χ1) is 7.62. The van der Waals surface area contributed by atoms with Crippen molar-refractivity contribution in [1.82, 2.24) is 9.97 Å². The molecule has 1 fully saturated rings. The van der Waals surface area contributed by atoms with Gasteiger partial charge in [0.15, 0.2) is 0 Å². The highest BCUT2D eigenvalue weighted by Crippen LogP contribution is 2.31. The number of aromatic nitrogens is 2. The maximum atomic E-state index is 11.3. The molecule has 2 rings (SSSR count). The molecule has 86 valence electrons. The van der Waals surface area contributed by atoms with Crippen LogP contribution in [-0.4, -0.2) is 29.0 Å². The van der Waals surface area contributed by atoms with Crippen LogP contribution in [0.5, 0.6) is 0 Å². The van der Waals surface area contributed by atoms with E-state index in [-0.39, 0.29) is 11.3 Å². The van der Waals surface area contributed by atoms with Crippen molar-refractivity contribution in [1.29, 1.82) is 0 Å². The van der Waals surface area contributed by atoms with Crippen molar-refractivity contribution in [3.05, 3.63) is 18.6 Å². The Hall–Kier alpha value is -1.65. The molecular formula is C11H16N4O. The van der Waals surface area contributed by atoms with E-state index in [0.29, 0.717) is 0 Å². The Labute approximate surface area is 94.7 Å². The molecule has 1 amide bonds. The van der Waals surface area contributed by atoms with Crippen molar-refractivity contribution in [3.63, 3.8) is 0 Å². The van der Waals surface area contributed by atoms with E-state index in [2.05, 4.69) is 14.9 Å². The summed E-state index contributed by atoms with van der Waals surface area (Å²) in [5.41, 5.74) is 5.04. The van der Waals surface area contributed by atoms with Gasteiger partial charge >= 0.3 is 0 Å². The van der Waals surface area contributed by atoms with Crippen LogP contribution >= 0.6 is 0 Å². The van der Waals surface area contributed by atoms with Crippen molar-refractivity contribution in [2.45, 2.75) is 19.8 Å². The third-order valence-corrected chi connectivity index (χ3v) is 3.34. The minimum absolute atomic E-state index is 0.203. The van der Waals surface area contributed by atoms with Crippen LogP contribution in [0, 0.1) is 5.41 Å². The predicted molar refractivity (Wildman–Crippen MR) is 60.8 cm³/mol. The highest BCUT2D eigenvalue weighted by atomic mass is 16.1. The summed E-state index contributed by atoms with van der Waals surface area (Å²) in [6.45, 7) is 3.54. The SMILES string of the molecule is CC1(C(N)=O)CCN(c2cnccn2)CC1. The average molecular weight is 220 g/mol. The Morgan fingerprint density at radius 2 is 2.12 bits per heavy atom. The van der Waals surface area contributed by atoms with Crippen LogP contribution in [0.2, 0.25) is 0 Å². The van der Waals surface area contributed by atoms with Crippen LogP contribution in [-0.2, 0) is 4.79 Å². The van der Waals surface area contributed by atoms with Gasteiger partial charge < -0.3 is 10.6 Å². The fourth-order valence-electron chi connectivity index (χ4n) is 1.93. The number of carbonyl (C=O) groups is 1. The lowest BCUT2D eigenvalue weighted by atomic mass is 9.80. The van der Waals surface area contributed by atoms with E-state index < -0.39 is 0 Å². The van der Waals surface area contributed by atoms with E-state index in [4.69, 9.17) is 5.73 Å². The molecule has 2 N–H and O–H groups in total. The zero-order valence-corrected chi connectivity index (χ0v) is 9.39. The number of nitrogens with two attached hydrogens (primary N) is 1. The molecule has 1 saturated heterocycles. The second kappa shape index (κ2) is 4.08. The first kappa shape index (κ1) is 10.9. The normalized spacial score (nSPS) is 19.4. The summed E-state index contributed by atoms with van der Waals surface area (Å²) in [6, 6.07) is 0. The van der Waals surface area contributed by atoms with Crippen molar-refractivity contribution >= 4 is 11.7 Å². The molecule has 1 aromatic rings. The van der Waals surface area contributed by atoms with Gasteiger partial charge in [-0.05, 0) is 12.8 Å². The molecule has 5 nitrogen and oxygen atoms in total. The molecule has 0 unspecified atom stereocenters. The van der Waals surface area contributed by atoms with Crippen LogP contribution in [0.3, 0.4) is 0 Å². The molecule has 0 bridgehead atoms. The highest BCUT2D eigenvalue weighted by molar-refractivity contribution is 5.80. The van der Waals surface area contributed by atoms with E-state index in [1.807, 2.05) is 6.92 Å². The maximum absolute atomic E-state index is 11.3. The number of rotatable bonds is 2. The van der Waals surface area contributed by atoms with Crippen LogP contribution in [0.15, 0.2) is 18.6 Å². The van der Waals surface area contributed by atoms with Crippen LogP contribution in [0.4, 0.5) is 5.82 Å². The van der Waals surface area contributed by atoms with Gasteiger partial charge in [0.25, 0.3) is 0 Å². The van der Waals surface area contributed by atoms with Gasteiger partial charge in [-0.1, -0.05) is 6.92 Å². The fraction of sp³-hybridized carbons (Fsp3) is 0.545. The summed E-state index contributed by atoms with van der Waals surface area (Å²) in [6.07, 6.45) is 6.63. The van der Waals surface area contributed by atoms with Gasteiger partial charge in [0, 0.05) is 30.9 Å². The molecule has 0 aromatic carbocycles. The van der Waals surface area contributed by atoms with E-state index >= 15 is 0 Å². The van der Waals surface area contributed by atoms with Crippen molar-refractivity contribution in [3.8, 4) is 0 Å². The Morgan fingerprint density at radius 3 is 2.62 bits per heavy atom. The predicted octanol–water partition coefficient (Wildman–Crippen LogP) is 0.568. The molecule has 0 spiro atoms. The molecule has 0 atom stereocenters. The summed E-state index contributed by atoms with van der Waals surface area (Å²) in [5.74, 6) is 0.667. The first-order valence-electron chi connectivity index (χ1n) is 5.43. The van der Waals surface area contributed by atoms with Crippen LogP contribution in [0.25, 0.3) is 0 Å². The lowest BCUT2D eigenvalue weighted by molar-refractivity contribution is -0.127. The van der Waals surface area contributed by atoms with Crippen molar-refractivity contribution in [2.24, 2.45) is 11.1 Å². The summed E-state index contributed by atoms with van der Waals surface area (Å²) >= 11 is 0. The van der Waals surface area contributed by atoms with E-state index in [0.717, 1.165) is 31.7 Å². The number of amides is 1. The van der Waals surface area contributed by atoms with E-state index in [1.165, 1.54) is 0 Å². The second-order valence-electron chi connectivity index (χ2n) is 4.48. The lowest BCUT2D eigenvalue weighted by Crippen LogP contribution is -2.45. The smallest absolute Gasteiger partial charge is 0.223 e. The van der Waals surface area contributed by atoms with Gasteiger partial charge in [-0.3, -0.25) is 9.78 Å². The summed E-state index contributed by atoms with van der Waals surface area (Å²) in [7, 11) is 0. The standard InChI is InChI=1S/C11H16N4O/c1-11(10(12)16)2-6-15(7-3-11)9-8-13-4-5-14-9/h4-5,8H,2-3,6-7H2,1H3,(H2,12,16). The van der Waals surface area contributed by atoms with E-state index in [9.17, 15) is 4.79 Å². The van der Waals surface area contributed by atoms with Gasteiger partial charge in [0.05, 0.1) is 6.20 Å². The molecular weight excluding hydrogens is 204 g/mol. The number of piperidine rings is 1. The number of anilines is 1. The fourth-order valence-corrected chi connectivity index (χ4v) is 1.93. The highest BCUT2D eigenvalue weighted by Gasteiger charge is 2.35. The molecule has 1 aliphatic rings. The van der Waals surface area contributed by atoms with E-state index in [1.54, 1.807) is 18.6 Å². The quantitative estimate of drug-likeness (QED) is 0.790. The third kappa shape index (κ3) is 1.98. The maximum Gasteiger partial charge on any atom is 0.223 e. The third-order valence-electron chi connectivity index (χ3n) is 3.34. The van der Waals surface area contributed by atoms with Gasteiger partial charge in [0.1, 0.15) is 5.82 Å². The minimum atomic E-state index is -0.362. The number of carbonyl (C=O) groups excluding carboxylic acids is 1. The van der Waals surface area contributed by atoms with Gasteiger partial charge in [-0.25, -0.2) is 4.98 Å². The van der Waals surface area contributed by atoms with Crippen molar-refractivity contribution < 1.29 is 4.79 Å². The number of primary amides is 1. The Bertz CT molecular complexity index is 371. The molecule has 2 heterocycles. The molecule has 16 heavy (non-hydrogen) atoms. The Balaban J connectivity index is 2.03. The largest absolute Gasteiger partial charge is 0.369 e. The number of hydrogen-bond donors (Lipinski definition) is 1. The zero-order chi connectivity index (χ0) is 11.6. The Morgan fingerprint density at radius 1 is 1.44 bits per heavy atom. The topological polar surface area (TPSA) is 72.1 Å². The second-order valence-corrected chi connectivity index (χ2v) is 4.48. The van der Waals surface area contributed by atoms with Crippen LogP contribution in [0.1, 0.15) is 19.8 Å². The average Bonchev–Trinajstić information content (AvgIpc) is 2.31. The molecule has 0 radical (unpaired) electrons. The van der Waals surface area contributed by atoms with Gasteiger partial charge in [-0.15, -0.1) is 0 Å². The van der Waals surface area contributed by atoms with Gasteiger partial charge in [-0.2, -0.15) is 0 Å². The molecule has 0 saturated carbocycles. The molecule has 5 heteroatoms. The number of nitrogens with zero attached hydrogens (tertiary/aromatic N) is 3. The molecule has 1 aliphatic heterocycles. The summed E-state index contributed by atoms with van der Waals surface area (Å²) < 4.78 is 0.